The number of methoxy groups -OCH3 is 1. The van der Waals surface area contributed by atoms with Crippen molar-refractivity contribution in [3.63, 3.8) is 0 Å². The second kappa shape index (κ2) is 8.46. The third kappa shape index (κ3) is 4.56. The van der Waals surface area contributed by atoms with Gasteiger partial charge in [-0.2, -0.15) is 0 Å². The van der Waals surface area contributed by atoms with Gasteiger partial charge in [-0.25, -0.2) is 0 Å². The summed E-state index contributed by atoms with van der Waals surface area (Å²) in [6.07, 6.45) is 1.17. The monoisotopic (exact) mass is 678 g/mol. The Bertz CT molecular complexity index is 449. The predicted molar refractivity (Wildman–Crippen MR) is 108 cm³/mol. The Kier molecular flexibility index (Phi) is 7.59. The van der Waals surface area contributed by atoms with Crippen LogP contribution in [0.3, 0.4) is 0 Å². The second-order valence-electron chi connectivity index (χ2n) is 4.43. The van der Waals surface area contributed by atoms with Crippen LogP contribution in [0.5, 0.6) is 5.75 Å². The smallest absolute Gasteiger partial charge is 0.146 e. The van der Waals surface area contributed by atoms with Crippen LogP contribution in [0.15, 0.2) is 12.1 Å². The highest BCUT2D eigenvalue weighted by Crippen LogP contribution is 2.37. The summed E-state index contributed by atoms with van der Waals surface area (Å²) in [6, 6.07) is 4.26. The first-order valence-corrected chi connectivity index (χ1v) is 10.2. The Morgan fingerprint density at radius 1 is 1.20 bits per heavy atom. The molecule has 0 heterocycles. The highest BCUT2D eigenvalue weighted by molar-refractivity contribution is 14.1. The first-order chi connectivity index (χ1) is 9.52. The summed E-state index contributed by atoms with van der Waals surface area (Å²) in [5, 5.41) is 0. The topological polar surface area (TPSA) is 27.7 Å². The molecule has 3 nitrogen and oxygen atoms in total. The fourth-order valence-corrected chi connectivity index (χ4v) is 6.61. The van der Waals surface area contributed by atoms with Crippen molar-refractivity contribution < 1.29 is 14.2 Å². The average molecular weight is 679 g/mol. The van der Waals surface area contributed by atoms with Crippen LogP contribution >= 0.6 is 83.7 Å². The minimum Gasteiger partial charge on any atom is -0.485 e. The van der Waals surface area contributed by atoms with Crippen molar-refractivity contribution in [2.24, 2.45) is 0 Å². The van der Waals surface area contributed by atoms with Gasteiger partial charge in [0.05, 0.1) is 20.4 Å². The third-order valence-corrected chi connectivity index (χ3v) is 6.13. The molecular weight excluding hydrogens is 665 g/mol. The van der Waals surface area contributed by atoms with Gasteiger partial charge in [-0.3, -0.25) is 0 Å². The van der Waals surface area contributed by atoms with E-state index in [0.29, 0.717) is 18.0 Å². The summed E-state index contributed by atoms with van der Waals surface area (Å²) >= 11 is 10.6. The third-order valence-electron chi connectivity index (χ3n) is 3.01. The van der Waals surface area contributed by atoms with Gasteiger partial charge in [0.2, 0.25) is 0 Å². The minimum absolute atomic E-state index is 0.0935. The number of hydrogen-bond acceptors (Lipinski definition) is 3. The van der Waals surface area contributed by atoms with Crippen molar-refractivity contribution in [2.75, 3.05) is 20.3 Å². The molecule has 1 saturated carbocycles. The van der Waals surface area contributed by atoms with Crippen LogP contribution in [0, 0.1) is 10.7 Å². The van der Waals surface area contributed by atoms with Crippen LogP contribution in [-0.4, -0.2) is 37.4 Å². The summed E-state index contributed by atoms with van der Waals surface area (Å²) in [4.78, 5) is 0.364. The van der Waals surface area contributed by atoms with E-state index in [-0.39, 0.29) is 12.2 Å². The lowest BCUT2D eigenvalue weighted by Gasteiger charge is -2.41. The van der Waals surface area contributed by atoms with E-state index in [4.69, 9.17) is 14.2 Å². The molecule has 0 aromatic heterocycles. The fraction of sp³-hybridized carbons (Fsp3) is 0.538. The first-order valence-electron chi connectivity index (χ1n) is 6.08. The van der Waals surface area contributed by atoms with Crippen LogP contribution in [0.25, 0.3) is 0 Å². The second-order valence-corrected chi connectivity index (χ2v) is 9.18. The zero-order valence-electron chi connectivity index (χ0n) is 10.7. The van der Waals surface area contributed by atoms with E-state index < -0.39 is 0 Å². The lowest BCUT2D eigenvalue weighted by molar-refractivity contribution is -0.0870. The molecule has 2 rings (SSSR count). The zero-order chi connectivity index (χ0) is 14.7. The molecular formula is C13H14BrI3O3. The molecule has 0 spiro atoms. The molecule has 1 aromatic rings. The van der Waals surface area contributed by atoms with E-state index in [0.717, 1.165) is 19.3 Å². The van der Waals surface area contributed by atoms with E-state index in [1.165, 1.54) is 3.57 Å². The van der Waals surface area contributed by atoms with Gasteiger partial charge in [0.15, 0.2) is 0 Å². The molecule has 3 atom stereocenters. The first kappa shape index (κ1) is 18.0. The SMILES string of the molecule is COCCOC1C(Br)CC1Oc1c(I)cc(I)cc1I. The van der Waals surface area contributed by atoms with Crippen LogP contribution in [-0.2, 0) is 9.47 Å². The van der Waals surface area contributed by atoms with Crippen LogP contribution in [0.4, 0.5) is 0 Å². The summed E-state index contributed by atoms with van der Waals surface area (Å²) in [5.41, 5.74) is 0. The van der Waals surface area contributed by atoms with Crippen molar-refractivity contribution in [1.29, 1.82) is 0 Å². The van der Waals surface area contributed by atoms with Gasteiger partial charge >= 0.3 is 0 Å². The van der Waals surface area contributed by atoms with Gasteiger partial charge < -0.3 is 14.2 Å². The summed E-state index contributed by atoms with van der Waals surface area (Å²) < 4.78 is 20.5. The normalized spacial score (nSPS) is 25.4. The van der Waals surface area contributed by atoms with Crippen molar-refractivity contribution in [1.82, 2.24) is 0 Å². The molecule has 1 aromatic carbocycles. The number of benzene rings is 1. The summed E-state index contributed by atoms with van der Waals surface area (Å²) in [5.74, 6) is 0.969. The molecule has 0 bridgehead atoms. The number of halogens is 4. The van der Waals surface area contributed by atoms with Gasteiger partial charge in [0, 0.05) is 21.9 Å². The van der Waals surface area contributed by atoms with E-state index in [2.05, 4.69) is 95.8 Å². The molecule has 1 aliphatic rings. The molecule has 0 aliphatic heterocycles. The molecule has 1 aliphatic carbocycles. The number of alkyl halides is 1. The maximum Gasteiger partial charge on any atom is 0.146 e. The van der Waals surface area contributed by atoms with Gasteiger partial charge in [0.1, 0.15) is 18.0 Å². The van der Waals surface area contributed by atoms with Gasteiger partial charge in [-0.15, -0.1) is 0 Å². The Morgan fingerprint density at radius 2 is 1.85 bits per heavy atom. The van der Waals surface area contributed by atoms with Gasteiger partial charge in [-0.05, 0) is 79.9 Å². The molecule has 7 heteroatoms. The van der Waals surface area contributed by atoms with Crippen molar-refractivity contribution in [3.8, 4) is 5.75 Å². The molecule has 0 N–H and O–H groups in total. The van der Waals surface area contributed by atoms with E-state index in [1.807, 2.05) is 0 Å². The zero-order valence-corrected chi connectivity index (χ0v) is 18.8. The standard InChI is InChI=1S/C13H14BrI3O3/c1-18-2-3-19-12-8(14)6-11(12)20-13-9(16)4-7(15)5-10(13)17/h4-5,8,11-12H,2-3,6H2,1H3. The van der Waals surface area contributed by atoms with E-state index in [1.54, 1.807) is 7.11 Å². The van der Waals surface area contributed by atoms with Crippen LogP contribution < -0.4 is 4.74 Å². The van der Waals surface area contributed by atoms with Gasteiger partial charge in [0.25, 0.3) is 0 Å². The minimum atomic E-state index is 0.0935. The molecule has 0 radical (unpaired) electrons. The lowest BCUT2D eigenvalue weighted by Crippen LogP contribution is -2.52. The van der Waals surface area contributed by atoms with E-state index in [9.17, 15) is 0 Å². The number of ether oxygens (including phenoxy) is 3. The maximum absolute atomic E-state index is 6.17. The Hall–Kier alpha value is 1.61. The molecule has 0 amide bonds. The molecule has 1 fully saturated rings. The Balaban J connectivity index is 1.99. The van der Waals surface area contributed by atoms with Crippen molar-refractivity contribution in [2.45, 2.75) is 23.5 Å². The average Bonchev–Trinajstić information content (AvgIpc) is 2.37. The molecule has 112 valence electrons. The number of hydrogen-bond donors (Lipinski definition) is 0. The lowest BCUT2D eigenvalue weighted by atomic mass is 9.91. The predicted octanol–water partition coefficient (Wildman–Crippen LogP) is 4.45. The Morgan fingerprint density at radius 3 is 2.40 bits per heavy atom. The van der Waals surface area contributed by atoms with E-state index >= 15 is 0 Å². The van der Waals surface area contributed by atoms with Gasteiger partial charge in [-0.1, -0.05) is 15.9 Å². The summed E-state index contributed by atoms with van der Waals surface area (Å²) in [6.45, 7) is 1.21. The van der Waals surface area contributed by atoms with Crippen molar-refractivity contribution >= 4 is 83.7 Å². The van der Waals surface area contributed by atoms with Crippen LogP contribution in [0.2, 0.25) is 0 Å². The number of rotatable bonds is 6. The highest BCUT2D eigenvalue weighted by atomic mass is 127. The highest BCUT2D eigenvalue weighted by Gasteiger charge is 2.42. The summed E-state index contributed by atoms with van der Waals surface area (Å²) in [7, 11) is 1.68. The molecule has 0 saturated heterocycles. The van der Waals surface area contributed by atoms with Crippen LogP contribution in [0.1, 0.15) is 6.42 Å². The fourth-order valence-electron chi connectivity index (χ4n) is 1.91. The quantitative estimate of drug-likeness (QED) is 0.253. The van der Waals surface area contributed by atoms with Crippen molar-refractivity contribution in [3.05, 3.63) is 22.8 Å². The maximum atomic E-state index is 6.17. The molecule has 3 unspecified atom stereocenters. The largest absolute Gasteiger partial charge is 0.485 e. The Labute approximate surface area is 168 Å². The molecule has 20 heavy (non-hydrogen) atoms.